The fourth-order valence-corrected chi connectivity index (χ4v) is 2.35. The van der Waals surface area contributed by atoms with E-state index < -0.39 is 0 Å². The zero-order valence-electron chi connectivity index (χ0n) is 9.29. The fourth-order valence-electron chi connectivity index (χ4n) is 2.35. The maximum atomic E-state index is 11.6. The Bertz CT molecular complexity index is 438. The van der Waals surface area contributed by atoms with Crippen molar-refractivity contribution in [3.63, 3.8) is 0 Å². The molecule has 2 rings (SSSR count). The molecule has 0 aliphatic heterocycles. The highest BCUT2D eigenvalue weighted by molar-refractivity contribution is 5.85. The molecule has 0 bridgehead atoms. The lowest BCUT2D eigenvalue weighted by Crippen LogP contribution is -2.32. The highest BCUT2D eigenvalue weighted by Gasteiger charge is 2.35. The molecule has 1 aromatic heterocycles. The minimum atomic E-state index is -0.234. The molecule has 15 heavy (non-hydrogen) atoms. The highest BCUT2D eigenvalue weighted by atomic mass is 16.1. The van der Waals surface area contributed by atoms with E-state index >= 15 is 0 Å². The van der Waals surface area contributed by atoms with Crippen molar-refractivity contribution in [2.75, 3.05) is 5.73 Å². The van der Waals surface area contributed by atoms with Gasteiger partial charge in [0.05, 0.1) is 5.69 Å². The summed E-state index contributed by atoms with van der Waals surface area (Å²) < 4.78 is 0. The molecule has 1 aliphatic carbocycles. The Hall–Kier alpha value is -1.45. The van der Waals surface area contributed by atoms with Crippen LogP contribution in [0.1, 0.15) is 37.4 Å². The number of hydrogen-bond donors (Lipinski definition) is 1. The van der Waals surface area contributed by atoms with Crippen molar-refractivity contribution in [2.24, 2.45) is 0 Å². The molecule has 2 N–H and O–H groups in total. The van der Waals surface area contributed by atoms with E-state index in [-0.39, 0.29) is 11.2 Å². The van der Waals surface area contributed by atoms with Crippen LogP contribution in [-0.4, -0.2) is 15.8 Å². The summed E-state index contributed by atoms with van der Waals surface area (Å²) in [6.45, 7) is 5.82. The van der Waals surface area contributed by atoms with Crippen LogP contribution in [0.2, 0.25) is 0 Å². The number of fused-ring (bicyclic) bond motifs is 1. The Kier molecular flexibility index (Phi) is 2.03. The summed E-state index contributed by atoms with van der Waals surface area (Å²) in [6, 6.07) is 0. The molecule has 0 spiro atoms. The Labute approximate surface area is 88.9 Å². The lowest BCUT2D eigenvalue weighted by atomic mass is 9.74. The lowest BCUT2D eigenvalue weighted by molar-refractivity contribution is -0.120. The van der Waals surface area contributed by atoms with E-state index in [0.717, 1.165) is 11.3 Å². The number of rotatable bonds is 0. The number of aromatic nitrogens is 2. The number of carbonyl (C=O) groups is 1. The van der Waals surface area contributed by atoms with Gasteiger partial charge in [-0.15, -0.1) is 0 Å². The molecule has 0 atom stereocenters. The second kappa shape index (κ2) is 3.02. The topological polar surface area (TPSA) is 68.9 Å². The van der Waals surface area contributed by atoms with E-state index in [9.17, 15) is 4.79 Å². The molecule has 0 aromatic carbocycles. The largest absolute Gasteiger partial charge is 0.383 e. The molecule has 0 radical (unpaired) electrons. The molecule has 0 amide bonds. The van der Waals surface area contributed by atoms with Gasteiger partial charge in [-0.3, -0.25) is 4.79 Å². The predicted octanol–water partition coefficient (Wildman–Crippen LogP) is 1.16. The fraction of sp³-hybridized carbons (Fsp3) is 0.545. The van der Waals surface area contributed by atoms with E-state index in [0.29, 0.717) is 24.5 Å². The van der Waals surface area contributed by atoms with E-state index in [1.807, 2.05) is 13.8 Å². The molecule has 1 aliphatic rings. The van der Waals surface area contributed by atoms with Crippen molar-refractivity contribution in [1.82, 2.24) is 9.97 Å². The summed E-state index contributed by atoms with van der Waals surface area (Å²) in [5.41, 5.74) is 7.43. The van der Waals surface area contributed by atoms with Gasteiger partial charge in [-0.2, -0.15) is 0 Å². The summed E-state index contributed by atoms with van der Waals surface area (Å²) in [5, 5.41) is 0. The normalized spacial score (nSPS) is 18.7. The van der Waals surface area contributed by atoms with Crippen LogP contribution in [0.3, 0.4) is 0 Å². The van der Waals surface area contributed by atoms with Crippen LogP contribution in [0.4, 0.5) is 5.82 Å². The maximum absolute atomic E-state index is 11.6. The second-order valence-electron chi connectivity index (χ2n) is 4.75. The van der Waals surface area contributed by atoms with Gasteiger partial charge in [-0.25, -0.2) is 9.97 Å². The standard InChI is InChI=1S/C11H15N3O/c1-6-13-8-4-7(15)5-11(2,3)9(8)10(12)14-6/h4-5H2,1-3H3,(H2,12,13,14). The molecule has 4 heteroatoms. The molecule has 1 aromatic rings. The van der Waals surface area contributed by atoms with E-state index in [1.54, 1.807) is 6.92 Å². The van der Waals surface area contributed by atoms with Gasteiger partial charge in [0.25, 0.3) is 0 Å². The van der Waals surface area contributed by atoms with Crippen LogP contribution in [0.25, 0.3) is 0 Å². The third kappa shape index (κ3) is 1.60. The molecule has 0 saturated heterocycles. The van der Waals surface area contributed by atoms with Gasteiger partial charge in [-0.1, -0.05) is 13.8 Å². The monoisotopic (exact) mass is 205 g/mol. The summed E-state index contributed by atoms with van der Waals surface area (Å²) in [4.78, 5) is 20.0. The van der Waals surface area contributed by atoms with Crippen LogP contribution in [0, 0.1) is 6.92 Å². The van der Waals surface area contributed by atoms with Gasteiger partial charge < -0.3 is 5.73 Å². The SMILES string of the molecule is Cc1nc(N)c2c(n1)CC(=O)CC2(C)C. The summed E-state index contributed by atoms with van der Waals surface area (Å²) in [6.07, 6.45) is 0.920. The van der Waals surface area contributed by atoms with E-state index in [2.05, 4.69) is 9.97 Å². The number of ketones is 1. The second-order valence-corrected chi connectivity index (χ2v) is 4.75. The number of aryl methyl sites for hydroxylation is 1. The Morgan fingerprint density at radius 1 is 1.33 bits per heavy atom. The summed E-state index contributed by atoms with van der Waals surface area (Å²) in [7, 11) is 0. The zero-order valence-corrected chi connectivity index (χ0v) is 9.29. The van der Waals surface area contributed by atoms with Gasteiger partial charge in [0.2, 0.25) is 0 Å². The zero-order chi connectivity index (χ0) is 11.2. The minimum absolute atomic E-state index is 0.227. The molecule has 4 nitrogen and oxygen atoms in total. The van der Waals surface area contributed by atoms with Crippen molar-refractivity contribution in [2.45, 2.75) is 39.0 Å². The molecule has 1 heterocycles. The Morgan fingerprint density at radius 3 is 2.67 bits per heavy atom. The van der Waals surface area contributed by atoms with Crippen molar-refractivity contribution in [3.05, 3.63) is 17.1 Å². The first kappa shape index (κ1) is 10.1. The van der Waals surface area contributed by atoms with Crippen molar-refractivity contribution in [3.8, 4) is 0 Å². The average Bonchev–Trinajstić information content (AvgIpc) is 1.97. The number of Topliss-reactive ketones (excluding diaryl/α,β-unsaturated/α-hetero) is 1. The predicted molar refractivity (Wildman–Crippen MR) is 57.5 cm³/mol. The lowest BCUT2D eigenvalue weighted by Gasteiger charge is -2.31. The maximum Gasteiger partial charge on any atom is 0.139 e. The van der Waals surface area contributed by atoms with Gasteiger partial charge in [0.1, 0.15) is 17.4 Å². The van der Waals surface area contributed by atoms with E-state index in [1.165, 1.54) is 0 Å². The van der Waals surface area contributed by atoms with Crippen LogP contribution in [-0.2, 0) is 16.6 Å². The van der Waals surface area contributed by atoms with Crippen LogP contribution in [0.15, 0.2) is 0 Å². The third-order valence-electron chi connectivity index (χ3n) is 2.80. The van der Waals surface area contributed by atoms with Crippen LogP contribution in [0.5, 0.6) is 0 Å². The minimum Gasteiger partial charge on any atom is -0.383 e. The number of nitrogens with zero attached hydrogens (tertiary/aromatic N) is 2. The smallest absolute Gasteiger partial charge is 0.139 e. The molecular formula is C11H15N3O. The van der Waals surface area contributed by atoms with Gasteiger partial charge in [0.15, 0.2) is 0 Å². The van der Waals surface area contributed by atoms with E-state index in [4.69, 9.17) is 5.73 Å². The van der Waals surface area contributed by atoms with Crippen molar-refractivity contribution in [1.29, 1.82) is 0 Å². The van der Waals surface area contributed by atoms with Gasteiger partial charge in [-0.05, 0) is 6.92 Å². The van der Waals surface area contributed by atoms with Gasteiger partial charge in [0, 0.05) is 23.8 Å². The van der Waals surface area contributed by atoms with Crippen LogP contribution < -0.4 is 5.73 Å². The first-order valence-electron chi connectivity index (χ1n) is 5.05. The van der Waals surface area contributed by atoms with Crippen molar-refractivity contribution < 1.29 is 4.79 Å². The van der Waals surface area contributed by atoms with Crippen molar-refractivity contribution >= 4 is 11.6 Å². The van der Waals surface area contributed by atoms with Gasteiger partial charge >= 0.3 is 0 Å². The first-order chi connectivity index (χ1) is 6.90. The molecular weight excluding hydrogens is 190 g/mol. The number of hydrogen-bond acceptors (Lipinski definition) is 4. The number of nitrogen functional groups attached to an aromatic ring is 1. The third-order valence-corrected chi connectivity index (χ3v) is 2.80. The number of carbonyl (C=O) groups excluding carboxylic acids is 1. The number of anilines is 1. The molecule has 80 valence electrons. The summed E-state index contributed by atoms with van der Waals surface area (Å²) >= 11 is 0. The quantitative estimate of drug-likeness (QED) is 0.690. The molecule has 0 fully saturated rings. The average molecular weight is 205 g/mol. The molecule has 0 unspecified atom stereocenters. The Morgan fingerprint density at radius 2 is 2.00 bits per heavy atom. The molecule has 0 saturated carbocycles. The number of nitrogens with two attached hydrogens (primary N) is 1. The first-order valence-corrected chi connectivity index (χ1v) is 5.05. The highest BCUT2D eigenvalue weighted by Crippen LogP contribution is 2.37. The van der Waals surface area contributed by atoms with Crippen LogP contribution >= 0.6 is 0 Å². The summed E-state index contributed by atoms with van der Waals surface area (Å²) in [5.74, 6) is 1.39. The Balaban J connectivity index is 2.67.